The summed E-state index contributed by atoms with van der Waals surface area (Å²) in [5, 5.41) is 14.5. The molecule has 0 saturated heterocycles. The third kappa shape index (κ3) is 5.36. The predicted molar refractivity (Wildman–Crippen MR) is 99.3 cm³/mol. The van der Waals surface area contributed by atoms with Crippen molar-refractivity contribution in [2.45, 2.75) is 19.4 Å². The summed E-state index contributed by atoms with van der Waals surface area (Å²) in [6.07, 6.45) is 2.87. The number of phenols is 1. The van der Waals surface area contributed by atoms with Gasteiger partial charge in [-0.1, -0.05) is 35.9 Å². The van der Waals surface area contributed by atoms with E-state index in [2.05, 4.69) is 17.1 Å². The van der Waals surface area contributed by atoms with Gasteiger partial charge >= 0.3 is 0 Å². The minimum atomic E-state index is -0.753. The number of halogens is 1. The number of amides is 1. The fraction of sp³-hybridized carbons (Fsp3) is 0.158. The van der Waals surface area contributed by atoms with Crippen LogP contribution in [0, 0.1) is 0 Å². The van der Waals surface area contributed by atoms with E-state index in [4.69, 9.17) is 16.3 Å². The first-order valence-corrected chi connectivity index (χ1v) is 8.06. The molecule has 2 aromatic carbocycles. The molecule has 25 heavy (non-hydrogen) atoms. The molecule has 1 atom stereocenters. The van der Waals surface area contributed by atoms with Crippen molar-refractivity contribution >= 4 is 23.7 Å². The lowest BCUT2D eigenvalue weighted by molar-refractivity contribution is -0.127. The SMILES string of the molecule is C=CCc1cccc(/C=N/NC(=O)C(C)Oc2cccc(Cl)c2)c1O. The van der Waals surface area contributed by atoms with Gasteiger partial charge in [-0.3, -0.25) is 4.79 Å². The predicted octanol–water partition coefficient (Wildman–Crippen LogP) is 3.69. The zero-order valence-corrected chi connectivity index (χ0v) is 14.5. The lowest BCUT2D eigenvalue weighted by Gasteiger charge is -2.13. The highest BCUT2D eigenvalue weighted by Crippen LogP contribution is 2.21. The van der Waals surface area contributed by atoms with Gasteiger partial charge < -0.3 is 9.84 Å². The van der Waals surface area contributed by atoms with Gasteiger partial charge in [0, 0.05) is 10.6 Å². The van der Waals surface area contributed by atoms with E-state index in [9.17, 15) is 9.90 Å². The number of ether oxygens (including phenoxy) is 1. The van der Waals surface area contributed by atoms with Crippen molar-refractivity contribution in [3.63, 3.8) is 0 Å². The van der Waals surface area contributed by atoms with E-state index in [0.29, 0.717) is 22.8 Å². The first-order chi connectivity index (χ1) is 12.0. The molecule has 0 fully saturated rings. The summed E-state index contributed by atoms with van der Waals surface area (Å²) in [5.74, 6) is 0.190. The molecular formula is C19H19ClN2O3. The largest absolute Gasteiger partial charge is 0.507 e. The Morgan fingerprint density at radius 2 is 2.16 bits per heavy atom. The molecule has 0 spiro atoms. The van der Waals surface area contributed by atoms with E-state index in [1.165, 1.54) is 6.21 Å². The van der Waals surface area contributed by atoms with E-state index in [0.717, 1.165) is 5.56 Å². The second kappa shape index (κ2) is 8.89. The molecule has 2 N–H and O–H groups in total. The van der Waals surface area contributed by atoms with Crippen LogP contribution in [0.1, 0.15) is 18.1 Å². The van der Waals surface area contributed by atoms with Gasteiger partial charge in [0.2, 0.25) is 0 Å². The highest BCUT2D eigenvalue weighted by molar-refractivity contribution is 6.30. The van der Waals surface area contributed by atoms with Gasteiger partial charge in [0.05, 0.1) is 6.21 Å². The Morgan fingerprint density at radius 3 is 2.88 bits per heavy atom. The Hall–Kier alpha value is -2.79. The minimum Gasteiger partial charge on any atom is -0.507 e. The Kier molecular flexibility index (Phi) is 6.60. The van der Waals surface area contributed by atoms with Crippen LogP contribution in [0.3, 0.4) is 0 Å². The van der Waals surface area contributed by atoms with Crippen molar-refractivity contribution in [1.82, 2.24) is 5.43 Å². The van der Waals surface area contributed by atoms with Crippen molar-refractivity contribution in [3.8, 4) is 11.5 Å². The normalized spacial score (nSPS) is 11.9. The summed E-state index contributed by atoms with van der Waals surface area (Å²) in [4.78, 5) is 12.0. The van der Waals surface area contributed by atoms with Crippen LogP contribution >= 0.6 is 11.6 Å². The third-order valence-corrected chi connectivity index (χ3v) is 3.61. The highest BCUT2D eigenvalue weighted by atomic mass is 35.5. The Labute approximate surface area is 151 Å². The average Bonchev–Trinajstić information content (AvgIpc) is 2.58. The fourth-order valence-electron chi connectivity index (χ4n) is 2.09. The topological polar surface area (TPSA) is 70.9 Å². The minimum absolute atomic E-state index is 0.114. The van der Waals surface area contributed by atoms with Crippen molar-refractivity contribution in [1.29, 1.82) is 0 Å². The van der Waals surface area contributed by atoms with Gasteiger partial charge in [0.15, 0.2) is 6.10 Å². The smallest absolute Gasteiger partial charge is 0.280 e. The summed E-state index contributed by atoms with van der Waals surface area (Å²) in [5.41, 5.74) is 3.63. The maximum absolute atomic E-state index is 12.0. The summed E-state index contributed by atoms with van der Waals surface area (Å²) in [7, 11) is 0. The van der Waals surface area contributed by atoms with Crippen LogP contribution in [-0.4, -0.2) is 23.3 Å². The van der Waals surface area contributed by atoms with Crippen LogP contribution < -0.4 is 10.2 Å². The zero-order chi connectivity index (χ0) is 18.2. The molecule has 0 bridgehead atoms. The molecule has 2 rings (SSSR count). The summed E-state index contributed by atoms with van der Waals surface area (Å²) >= 11 is 5.88. The number of hydrogen-bond acceptors (Lipinski definition) is 4. The number of phenolic OH excluding ortho intramolecular Hbond substituents is 1. The van der Waals surface area contributed by atoms with Gasteiger partial charge in [-0.15, -0.1) is 6.58 Å². The van der Waals surface area contributed by atoms with Crippen molar-refractivity contribution in [3.05, 3.63) is 71.3 Å². The van der Waals surface area contributed by atoms with Crippen LogP contribution in [0.5, 0.6) is 11.5 Å². The molecule has 0 aliphatic carbocycles. The number of hydrazone groups is 1. The molecule has 1 amide bonds. The van der Waals surface area contributed by atoms with Gasteiger partial charge in [-0.05, 0) is 43.2 Å². The monoisotopic (exact) mass is 358 g/mol. The number of rotatable bonds is 7. The molecule has 2 aromatic rings. The van der Waals surface area contributed by atoms with Crippen LogP contribution in [0.15, 0.2) is 60.2 Å². The van der Waals surface area contributed by atoms with Gasteiger partial charge in [-0.2, -0.15) is 5.10 Å². The highest BCUT2D eigenvalue weighted by Gasteiger charge is 2.14. The summed E-state index contributed by atoms with van der Waals surface area (Å²) in [6, 6.07) is 12.1. The van der Waals surface area contributed by atoms with Crippen LogP contribution in [0.2, 0.25) is 5.02 Å². The number of benzene rings is 2. The Bertz CT molecular complexity index is 790. The van der Waals surface area contributed by atoms with Crippen LogP contribution in [0.25, 0.3) is 0 Å². The fourth-order valence-corrected chi connectivity index (χ4v) is 2.27. The van der Waals surface area contributed by atoms with Crippen LogP contribution in [-0.2, 0) is 11.2 Å². The lowest BCUT2D eigenvalue weighted by Crippen LogP contribution is -2.33. The van der Waals surface area contributed by atoms with Crippen molar-refractivity contribution in [2.75, 3.05) is 0 Å². The van der Waals surface area contributed by atoms with Gasteiger partial charge in [-0.25, -0.2) is 5.43 Å². The number of hydrogen-bond donors (Lipinski definition) is 2. The molecule has 5 nitrogen and oxygen atoms in total. The number of aromatic hydroxyl groups is 1. The molecule has 130 valence electrons. The molecule has 0 heterocycles. The number of nitrogens with one attached hydrogen (secondary N) is 1. The molecule has 0 aliphatic rings. The molecule has 6 heteroatoms. The first kappa shape index (κ1) is 18.5. The number of para-hydroxylation sites is 1. The van der Waals surface area contributed by atoms with E-state index in [-0.39, 0.29) is 5.75 Å². The standard InChI is InChI=1S/C19H19ClN2O3/c1-3-6-14-7-4-8-15(18(14)23)12-21-22-19(24)13(2)25-17-10-5-9-16(20)11-17/h3-5,7-13,23H,1,6H2,2H3,(H,22,24)/b21-12+. The maximum atomic E-state index is 12.0. The molecule has 0 radical (unpaired) electrons. The molecule has 0 saturated carbocycles. The lowest BCUT2D eigenvalue weighted by atomic mass is 10.1. The van der Waals surface area contributed by atoms with Gasteiger partial charge in [0.25, 0.3) is 5.91 Å². The number of allylic oxidation sites excluding steroid dienone is 1. The Balaban J connectivity index is 1.96. The number of nitrogens with zero attached hydrogens (tertiary/aromatic N) is 1. The molecule has 1 unspecified atom stereocenters. The van der Waals surface area contributed by atoms with Gasteiger partial charge in [0.1, 0.15) is 11.5 Å². The quantitative estimate of drug-likeness (QED) is 0.450. The second-order valence-corrected chi connectivity index (χ2v) is 5.74. The average molecular weight is 359 g/mol. The van der Waals surface area contributed by atoms with E-state index < -0.39 is 12.0 Å². The third-order valence-electron chi connectivity index (χ3n) is 3.37. The zero-order valence-electron chi connectivity index (χ0n) is 13.8. The van der Waals surface area contributed by atoms with Crippen molar-refractivity contribution in [2.24, 2.45) is 5.10 Å². The van der Waals surface area contributed by atoms with E-state index in [1.807, 2.05) is 0 Å². The number of carbonyl (C=O) groups excluding carboxylic acids is 1. The Morgan fingerprint density at radius 1 is 1.40 bits per heavy atom. The van der Waals surface area contributed by atoms with Crippen LogP contribution in [0.4, 0.5) is 0 Å². The van der Waals surface area contributed by atoms with Crippen molar-refractivity contribution < 1.29 is 14.6 Å². The summed E-state index contributed by atoms with van der Waals surface area (Å²) in [6.45, 7) is 5.25. The van der Waals surface area contributed by atoms with E-state index >= 15 is 0 Å². The molecular weight excluding hydrogens is 340 g/mol. The maximum Gasteiger partial charge on any atom is 0.280 e. The second-order valence-electron chi connectivity index (χ2n) is 5.30. The first-order valence-electron chi connectivity index (χ1n) is 7.68. The van der Waals surface area contributed by atoms with E-state index in [1.54, 1.807) is 55.5 Å². The molecule has 0 aliphatic heterocycles. The molecule has 0 aromatic heterocycles. The number of carbonyl (C=O) groups is 1. The summed E-state index contributed by atoms with van der Waals surface area (Å²) < 4.78 is 5.50.